The summed E-state index contributed by atoms with van der Waals surface area (Å²) in [4.78, 5) is 55.6. The van der Waals surface area contributed by atoms with Crippen LogP contribution in [0.1, 0.15) is 5.56 Å². The summed E-state index contributed by atoms with van der Waals surface area (Å²) in [6.45, 7) is 2.50. The van der Waals surface area contributed by atoms with Gasteiger partial charge in [0.25, 0.3) is 16.8 Å². The van der Waals surface area contributed by atoms with Crippen LogP contribution in [0.25, 0.3) is 6.08 Å². The van der Waals surface area contributed by atoms with Crippen molar-refractivity contribution in [3.05, 3.63) is 81.4 Å². The van der Waals surface area contributed by atoms with Crippen LogP contribution in [-0.4, -0.2) is 71.8 Å². The van der Waals surface area contributed by atoms with Crippen molar-refractivity contribution >= 4 is 52.0 Å². The number of carbonyl (C=O) groups excluding carboxylic acids is 3. The van der Waals surface area contributed by atoms with Crippen LogP contribution < -0.4 is 19.7 Å². The molecule has 2 fully saturated rings. The lowest BCUT2D eigenvalue weighted by Gasteiger charge is -2.28. The molecular weight excluding hydrogens is 566 g/mol. The standard InChI is InChI=1S/C28H25N5O8S/c1-39-23-14-18(2-8-22(23)41-26-9-7-21(16-29-26)33(37)38)15-24-27(35)32(28(36)42-24)17-25(34)30-19-3-5-20(6-4-19)31-10-12-40-13-11-31/h2-9,14-16H,10-13,17H2,1H3,(H,30,34)/b24-15+. The van der Waals surface area contributed by atoms with E-state index in [2.05, 4.69) is 15.2 Å². The van der Waals surface area contributed by atoms with E-state index >= 15 is 0 Å². The summed E-state index contributed by atoms with van der Waals surface area (Å²) >= 11 is 0.732. The maximum Gasteiger partial charge on any atom is 0.294 e. The number of nitrogens with zero attached hydrogens (tertiary/aromatic N) is 4. The van der Waals surface area contributed by atoms with Gasteiger partial charge in [0.15, 0.2) is 11.5 Å². The highest BCUT2D eigenvalue weighted by molar-refractivity contribution is 8.18. The number of ether oxygens (including phenoxy) is 3. The summed E-state index contributed by atoms with van der Waals surface area (Å²) in [6.07, 6.45) is 2.60. The fourth-order valence-corrected chi connectivity index (χ4v) is 5.06. The molecule has 0 atom stereocenters. The number of aromatic nitrogens is 1. The fraction of sp³-hybridized carbons (Fsp3) is 0.214. The van der Waals surface area contributed by atoms with Crippen molar-refractivity contribution in [2.75, 3.05) is 50.2 Å². The molecule has 1 N–H and O–H groups in total. The first-order chi connectivity index (χ1) is 20.3. The van der Waals surface area contributed by atoms with E-state index in [0.29, 0.717) is 36.0 Å². The highest BCUT2D eigenvalue weighted by atomic mass is 32.2. The van der Waals surface area contributed by atoms with Crippen LogP contribution >= 0.6 is 11.8 Å². The van der Waals surface area contributed by atoms with Gasteiger partial charge in [0.1, 0.15) is 12.7 Å². The molecule has 2 aliphatic heterocycles. The second-order valence-corrected chi connectivity index (χ2v) is 10.1. The lowest BCUT2D eigenvalue weighted by Crippen LogP contribution is -2.36. The van der Waals surface area contributed by atoms with Crippen molar-refractivity contribution in [1.29, 1.82) is 0 Å². The molecule has 0 unspecified atom stereocenters. The number of amides is 3. The van der Waals surface area contributed by atoms with Gasteiger partial charge in [-0.15, -0.1) is 0 Å². The molecule has 216 valence electrons. The first kappa shape index (κ1) is 28.6. The van der Waals surface area contributed by atoms with Gasteiger partial charge in [-0.05, 0) is 59.8 Å². The number of imide groups is 1. The van der Waals surface area contributed by atoms with Crippen molar-refractivity contribution in [3.8, 4) is 17.4 Å². The monoisotopic (exact) mass is 591 g/mol. The molecule has 42 heavy (non-hydrogen) atoms. The second kappa shape index (κ2) is 12.7. The normalized spacial score (nSPS) is 16.1. The SMILES string of the molecule is COc1cc(/C=C2/SC(=O)N(CC(=O)Nc3ccc(N4CCOCC4)cc3)C2=O)ccc1Oc1ccc([N+](=O)[O-])cn1. The van der Waals surface area contributed by atoms with E-state index in [0.717, 1.165) is 41.6 Å². The molecule has 14 heteroatoms. The van der Waals surface area contributed by atoms with Gasteiger partial charge in [0.2, 0.25) is 11.8 Å². The van der Waals surface area contributed by atoms with Crippen molar-refractivity contribution < 1.29 is 33.5 Å². The Bertz CT molecular complexity index is 1540. The first-order valence-electron chi connectivity index (χ1n) is 12.7. The molecule has 2 aliphatic rings. The third-order valence-corrected chi connectivity index (χ3v) is 7.24. The second-order valence-electron chi connectivity index (χ2n) is 9.09. The minimum Gasteiger partial charge on any atom is -0.493 e. The maximum atomic E-state index is 13.0. The molecule has 0 spiro atoms. The first-order valence-corrected chi connectivity index (χ1v) is 13.6. The number of morpholine rings is 1. The summed E-state index contributed by atoms with van der Waals surface area (Å²) in [5, 5.41) is 13.0. The number of benzene rings is 2. The zero-order chi connectivity index (χ0) is 29.6. The van der Waals surface area contributed by atoms with Gasteiger partial charge in [0.05, 0.1) is 30.2 Å². The number of pyridine rings is 1. The van der Waals surface area contributed by atoms with Crippen LogP contribution in [0.2, 0.25) is 0 Å². The summed E-state index contributed by atoms with van der Waals surface area (Å²) in [7, 11) is 1.43. The van der Waals surface area contributed by atoms with E-state index in [-0.39, 0.29) is 16.5 Å². The summed E-state index contributed by atoms with van der Waals surface area (Å²) in [5.74, 6) is -0.363. The molecule has 5 rings (SSSR count). The predicted octanol–water partition coefficient (Wildman–Crippen LogP) is 4.30. The number of anilines is 2. The van der Waals surface area contributed by atoms with Gasteiger partial charge in [-0.3, -0.25) is 29.4 Å². The Hall–Kier alpha value is -4.95. The number of carbonyl (C=O) groups is 3. The van der Waals surface area contributed by atoms with Crippen LogP contribution in [-0.2, 0) is 14.3 Å². The van der Waals surface area contributed by atoms with Gasteiger partial charge in [-0.2, -0.15) is 0 Å². The van der Waals surface area contributed by atoms with Gasteiger partial charge in [-0.1, -0.05) is 6.07 Å². The van der Waals surface area contributed by atoms with E-state index in [1.54, 1.807) is 30.3 Å². The van der Waals surface area contributed by atoms with Crippen molar-refractivity contribution in [2.45, 2.75) is 0 Å². The fourth-order valence-electron chi connectivity index (χ4n) is 4.22. The highest BCUT2D eigenvalue weighted by Gasteiger charge is 2.36. The number of thioether (sulfide) groups is 1. The van der Waals surface area contributed by atoms with Gasteiger partial charge < -0.3 is 24.4 Å². The number of methoxy groups -OCH3 is 1. The average Bonchev–Trinajstić information content (AvgIpc) is 3.26. The van der Waals surface area contributed by atoms with E-state index in [1.165, 1.54) is 25.3 Å². The predicted molar refractivity (Wildman–Crippen MR) is 155 cm³/mol. The Morgan fingerprint density at radius 2 is 1.88 bits per heavy atom. The molecule has 3 aromatic rings. The summed E-state index contributed by atoms with van der Waals surface area (Å²) in [5.41, 5.74) is 1.95. The molecule has 13 nitrogen and oxygen atoms in total. The Balaban J connectivity index is 1.21. The van der Waals surface area contributed by atoms with Crippen molar-refractivity contribution in [1.82, 2.24) is 9.88 Å². The lowest BCUT2D eigenvalue weighted by molar-refractivity contribution is -0.385. The van der Waals surface area contributed by atoms with Crippen LogP contribution in [0.5, 0.6) is 17.4 Å². The zero-order valence-electron chi connectivity index (χ0n) is 22.3. The lowest BCUT2D eigenvalue weighted by atomic mass is 10.2. The van der Waals surface area contributed by atoms with Crippen molar-refractivity contribution in [3.63, 3.8) is 0 Å². The Kier molecular flexibility index (Phi) is 8.64. The van der Waals surface area contributed by atoms with Crippen LogP contribution in [0.4, 0.5) is 21.9 Å². The molecular formula is C28H25N5O8S. The van der Waals surface area contributed by atoms with Crippen LogP contribution in [0.15, 0.2) is 65.7 Å². The van der Waals surface area contributed by atoms with E-state index in [4.69, 9.17) is 14.2 Å². The number of nitrogens with one attached hydrogen (secondary N) is 1. The summed E-state index contributed by atoms with van der Waals surface area (Å²) in [6, 6.07) is 14.8. The molecule has 0 radical (unpaired) electrons. The van der Waals surface area contributed by atoms with E-state index < -0.39 is 28.5 Å². The van der Waals surface area contributed by atoms with Gasteiger partial charge >= 0.3 is 0 Å². The third kappa shape index (κ3) is 6.67. The number of hydrogen-bond donors (Lipinski definition) is 1. The molecule has 3 amide bonds. The van der Waals surface area contributed by atoms with Crippen LogP contribution in [0, 0.1) is 10.1 Å². The molecule has 1 aromatic heterocycles. The van der Waals surface area contributed by atoms with Crippen LogP contribution in [0.3, 0.4) is 0 Å². The largest absolute Gasteiger partial charge is 0.493 e. The van der Waals surface area contributed by atoms with E-state index in [9.17, 15) is 24.5 Å². The van der Waals surface area contributed by atoms with E-state index in [1.807, 2.05) is 12.1 Å². The van der Waals surface area contributed by atoms with Gasteiger partial charge in [-0.25, -0.2) is 4.98 Å². The Morgan fingerprint density at radius 1 is 1.12 bits per heavy atom. The molecule has 0 bridgehead atoms. The average molecular weight is 592 g/mol. The molecule has 3 heterocycles. The molecule has 0 saturated carbocycles. The topological polar surface area (TPSA) is 153 Å². The smallest absolute Gasteiger partial charge is 0.294 e. The highest BCUT2D eigenvalue weighted by Crippen LogP contribution is 2.36. The minimum atomic E-state index is -0.586. The Labute approximate surface area is 244 Å². The molecule has 2 saturated heterocycles. The molecule has 0 aliphatic carbocycles. The number of rotatable bonds is 9. The Morgan fingerprint density at radius 3 is 2.55 bits per heavy atom. The number of hydrogen-bond acceptors (Lipinski definition) is 11. The zero-order valence-corrected chi connectivity index (χ0v) is 23.2. The maximum absolute atomic E-state index is 13.0. The van der Waals surface area contributed by atoms with Crippen molar-refractivity contribution in [2.24, 2.45) is 0 Å². The molecule has 2 aromatic carbocycles. The number of nitro groups is 1. The third-order valence-electron chi connectivity index (χ3n) is 6.33. The summed E-state index contributed by atoms with van der Waals surface area (Å²) < 4.78 is 16.4. The minimum absolute atomic E-state index is 0.124. The quantitative estimate of drug-likeness (QED) is 0.215. The van der Waals surface area contributed by atoms with Gasteiger partial charge in [0, 0.05) is 36.6 Å².